The zero-order chi connectivity index (χ0) is 12.3. The van der Waals surface area contributed by atoms with Gasteiger partial charge in [0.2, 0.25) is 15.3 Å². The number of anilines is 2. The van der Waals surface area contributed by atoms with Gasteiger partial charge in [-0.1, -0.05) is 0 Å². The number of halogens is 1. The minimum absolute atomic E-state index is 0.0461. The summed E-state index contributed by atoms with van der Waals surface area (Å²) in [5, 5.41) is 7.62. The van der Waals surface area contributed by atoms with Gasteiger partial charge in [-0.2, -0.15) is 4.98 Å². The number of nitrogens with zero attached hydrogens (tertiary/aromatic N) is 2. The van der Waals surface area contributed by atoms with E-state index in [1.165, 1.54) is 0 Å². The average Bonchev–Trinajstić information content (AvgIpc) is 2.11. The van der Waals surface area contributed by atoms with Crippen LogP contribution in [0.5, 0.6) is 0 Å². The second-order valence-corrected chi connectivity index (χ2v) is 5.21. The largest absolute Gasteiger partial charge is 0.394 e. The van der Waals surface area contributed by atoms with Gasteiger partial charge in [0.25, 0.3) is 0 Å². The molecule has 7 nitrogen and oxygen atoms in total. The fourth-order valence-electron chi connectivity index (χ4n) is 0.994. The molecule has 0 aromatic carbocycles. The predicted molar refractivity (Wildman–Crippen MR) is 62.7 cm³/mol. The molecule has 0 fully saturated rings. The third-order valence-electron chi connectivity index (χ3n) is 1.79. The number of hydrogen-bond acceptors (Lipinski definition) is 6. The topological polar surface area (TPSA) is 124 Å². The summed E-state index contributed by atoms with van der Waals surface area (Å²) in [4.78, 5) is 7.67. The van der Waals surface area contributed by atoms with Crippen molar-refractivity contribution < 1.29 is 8.42 Å². The Morgan fingerprint density at radius 1 is 1.44 bits per heavy atom. The maximum atomic E-state index is 10.7. The van der Waals surface area contributed by atoms with E-state index < -0.39 is 10.0 Å². The van der Waals surface area contributed by atoms with Crippen LogP contribution in [0.3, 0.4) is 0 Å². The van der Waals surface area contributed by atoms with E-state index in [2.05, 4.69) is 15.3 Å². The number of primary sulfonamides is 1. The molecule has 0 amide bonds. The van der Waals surface area contributed by atoms with Gasteiger partial charge in [0.05, 0.1) is 17.1 Å². The molecule has 0 bridgehead atoms. The molecule has 1 aromatic rings. The Hall–Kier alpha value is -1.12. The molecule has 1 aromatic heterocycles. The van der Waals surface area contributed by atoms with Gasteiger partial charge in [-0.05, 0) is 18.5 Å². The fraction of sp³-hybridized carbons (Fsp3) is 0.429. The first-order valence-corrected chi connectivity index (χ1v) is 6.43. The predicted octanol–water partition coefficient (Wildman–Crippen LogP) is -0.279. The average molecular weight is 266 g/mol. The van der Waals surface area contributed by atoms with Gasteiger partial charge >= 0.3 is 0 Å². The normalized spacial score (nSPS) is 11.4. The Morgan fingerprint density at radius 3 is 2.62 bits per heavy atom. The summed E-state index contributed by atoms with van der Waals surface area (Å²) in [6.45, 7) is 1.78. The van der Waals surface area contributed by atoms with E-state index in [-0.39, 0.29) is 17.6 Å². The first-order valence-electron chi connectivity index (χ1n) is 4.33. The third-order valence-corrected chi connectivity index (χ3v) is 2.73. The van der Waals surface area contributed by atoms with Crippen molar-refractivity contribution in [3.63, 3.8) is 0 Å². The number of nitrogen functional groups attached to an aromatic ring is 1. The van der Waals surface area contributed by atoms with Crippen LogP contribution in [0.2, 0.25) is 5.28 Å². The van der Waals surface area contributed by atoms with Crippen molar-refractivity contribution >= 4 is 33.1 Å². The molecular formula is C7H12ClN5O2S. The fourth-order valence-corrected chi connectivity index (χ4v) is 1.59. The molecule has 16 heavy (non-hydrogen) atoms. The highest BCUT2D eigenvalue weighted by atomic mass is 35.5. The zero-order valence-electron chi connectivity index (χ0n) is 8.57. The monoisotopic (exact) mass is 265 g/mol. The van der Waals surface area contributed by atoms with Crippen LogP contribution in [-0.4, -0.2) is 30.7 Å². The Labute approximate surface area is 98.3 Å². The van der Waals surface area contributed by atoms with E-state index >= 15 is 0 Å². The van der Waals surface area contributed by atoms with Gasteiger partial charge in [0.15, 0.2) is 5.82 Å². The molecule has 0 atom stereocenters. The summed E-state index contributed by atoms with van der Waals surface area (Å²) in [5.74, 6) is 0.0915. The lowest BCUT2D eigenvalue weighted by molar-refractivity contribution is 0.598. The lowest BCUT2D eigenvalue weighted by Crippen LogP contribution is -2.23. The number of aromatic nitrogens is 2. The maximum absolute atomic E-state index is 10.7. The number of rotatable bonds is 4. The maximum Gasteiger partial charge on any atom is 0.224 e. The Bertz CT molecular complexity index is 490. The smallest absolute Gasteiger partial charge is 0.224 e. The summed E-state index contributed by atoms with van der Waals surface area (Å²) < 4.78 is 21.4. The number of hydrogen-bond donors (Lipinski definition) is 3. The molecule has 0 saturated carbocycles. The minimum Gasteiger partial charge on any atom is -0.394 e. The SMILES string of the molecule is Cc1nc(Cl)nc(NCCS(N)(=O)=O)c1N. The van der Waals surface area contributed by atoms with Crippen molar-refractivity contribution in [1.82, 2.24) is 9.97 Å². The van der Waals surface area contributed by atoms with E-state index in [0.29, 0.717) is 17.2 Å². The molecule has 0 aliphatic rings. The highest BCUT2D eigenvalue weighted by Gasteiger charge is 2.08. The molecule has 1 rings (SSSR count). The van der Waals surface area contributed by atoms with Crippen molar-refractivity contribution in [3.8, 4) is 0 Å². The molecule has 0 radical (unpaired) electrons. The molecule has 0 unspecified atom stereocenters. The standard InChI is InChI=1S/C7H12ClN5O2S/c1-4-5(9)6(13-7(8)12-4)11-2-3-16(10,14)15/h2-3,9H2,1H3,(H2,10,14,15)(H,11,12,13). The van der Waals surface area contributed by atoms with Crippen molar-refractivity contribution in [1.29, 1.82) is 0 Å². The zero-order valence-corrected chi connectivity index (χ0v) is 10.1. The van der Waals surface area contributed by atoms with Crippen LogP contribution < -0.4 is 16.2 Å². The van der Waals surface area contributed by atoms with Crippen LogP contribution in [0.4, 0.5) is 11.5 Å². The van der Waals surface area contributed by atoms with E-state index in [1.54, 1.807) is 6.92 Å². The summed E-state index contributed by atoms with van der Waals surface area (Å²) in [5.41, 5.74) is 6.53. The molecule has 0 aliphatic carbocycles. The van der Waals surface area contributed by atoms with E-state index in [1.807, 2.05) is 0 Å². The van der Waals surface area contributed by atoms with Crippen molar-refractivity contribution in [2.45, 2.75) is 6.92 Å². The Morgan fingerprint density at radius 2 is 2.06 bits per heavy atom. The summed E-state index contributed by atoms with van der Waals surface area (Å²) in [7, 11) is -3.51. The van der Waals surface area contributed by atoms with E-state index in [9.17, 15) is 8.42 Å². The van der Waals surface area contributed by atoms with E-state index in [4.69, 9.17) is 22.5 Å². The van der Waals surface area contributed by atoms with Gasteiger partial charge in [-0.3, -0.25) is 0 Å². The van der Waals surface area contributed by atoms with Gasteiger partial charge in [0.1, 0.15) is 0 Å². The first-order chi connectivity index (χ1) is 7.29. The van der Waals surface area contributed by atoms with Gasteiger partial charge < -0.3 is 11.1 Å². The van der Waals surface area contributed by atoms with Gasteiger partial charge in [-0.25, -0.2) is 18.5 Å². The van der Waals surface area contributed by atoms with Crippen molar-refractivity contribution in [3.05, 3.63) is 11.0 Å². The molecular weight excluding hydrogens is 254 g/mol. The molecule has 5 N–H and O–H groups in total. The molecule has 1 heterocycles. The molecule has 0 saturated heterocycles. The number of nitrogens with one attached hydrogen (secondary N) is 1. The van der Waals surface area contributed by atoms with Gasteiger partial charge in [-0.15, -0.1) is 0 Å². The lowest BCUT2D eigenvalue weighted by atomic mass is 10.3. The molecule has 90 valence electrons. The van der Waals surface area contributed by atoms with Crippen LogP contribution in [0.25, 0.3) is 0 Å². The Balaban J connectivity index is 2.75. The second-order valence-electron chi connectivity index (χ2n) is 3.13. The lowest BCUT2D eigenvalue weighted by Gasteiger charge is -2.09. The number of nitrogens with two attached hydrogens (primary N) is 2. The van der Waals surface area contributed by atoms with Crippen LogP contribution in [0.1, 0.15) is 5.69 Å². The third kappa shape index (κ3) is 3.80. The number of sulfonamides is 1. The minimum atomic E-state index is -3.51. The second kappa shape index (κ2) is 4.81. The van der Waals surface area contributed by atoms with E-state index in [0.717, 1.165) is 0 Å². The van der Waals surface area contributed by atoms with Crippen molar-refractivity contribution in [2.75, 3.05) is 23.3 Å². The highest BCUT2D eigenvalue weighted by molar-refractivity contribution is 7.89. The summed E-state index contributed by atoms with van der Waals surface area (Å²) in [6.07, 6.45) is 0. The van der Waals surface area contributed by atoms with Gasteiger partial charge in [0, 0.05) is 6.54 Å². The molecule has 9 heteroatoms. The van der Waals surface area contributed by atoms with Crippen LogP contribution in [0.15, 0.2) is 0 Å². The van der Waals surface area contributed by atoms with Crippen molar-refractivity contribution in [2.24, 2.45) is 5.14 Å². The van der Waals surface area contributed by atoms with Crippen LogP contribution in [-0.2, 0) is 10.0 Å². The number of aryl methyl sites for hydroxylation is 1. The summed E-state index contributed by atoms with van der Waals surface area (Å²) >= 11 is 5.63. The molecule has 0 spiro atoms. The van der Waals surface area contributed by atoms with Crippen LogP contribution >= 0.6 is 11.6 Å². The molecule has 0 aliphatic heterocycles. The Kier molecular flexibility index (Phi) is 3.89. The quantitative estimate of drug-likeness (QED) is 0.643. The first kappa shape index (κ1) is 12.9. The van der Waals surface area contributed by atoms with Crippen LogP contribution in [0, 0.1) is 6.92 Å². The summed E-state index contributed by atoms with van der Waals surface area (Å²) in [6, 6.07) is 0. The highest BCUT2D eigenvalue weighted by Crippen LogP contribution is 2.19.